The Morgan fingerprint density at radius 3 is 2.10 bits per heavy atom. The maximum atomic E-state index is 9.44. The SMILES string of the molecule is CC(C)(C)c1ccc(C(C#N)CCc2ccccc2)cc1. The molecule has 1 nitrogen and oxygen atoms in total. The lowest BCUT2D eigenvalue weighted by molar-refractivity contribution is 0.589. The molecular weight excluding hydrogens is 254 g/mol. The van der Waals surface area contributed by atoms with Crippen molar-refractivity contribution in [2.45, 2.75) is 44.9 Å². The van der Waals surface area contributed by atoms with Crippen LogP contribution in [0.1, 0.15) is 49.8 Å². The van der Waals surface area contributed by atoms with E-state index in [9.17, 15) is 5.26 Å². The van der Waals surface area contributed by atoms with Gasteiger partial charge in [-0.3, -0.25) is 0 Å². The van der Waals surface area contributed by atoms with Crippen LogP contribution in [0.2, 0.25) is 0 Å². The molecule has 0 aliphatic rings. The van der Waals surface area contributed by atoms with Crippen LogP contribution >= 0.6 is 0 Å². The van der Waals surface area contributed by atoms with Gasteiger partial charge in [0.1, 0.15) is 0 Å². The third-order valence-corrected chi connectivity index (χ3v) is 3.90. The number of hydrogen-bond acceptors (Lipinski definition) is 1. The van der Waals surface area contributed by atoms with Gasteiger partial charge in [0.05, 0.1) is 12.0 Å². The first-order valence-corrected chi connectivity index (χ1v) is 7.54. The van der Waals surface area contributed by atoms with E-state index in [-0.39, 0.29) is 11.3 Å². The lowest BCUT2D eigenvalue weighted by atomic mass is 9.85. The van der Waals surface area contributed by atoms with Crippen LogP contribution < -0.4 is 0 Å². The van der Waals surface area contributed by atoms with Crippen LogP contribution in [0.3, 0.4) is 0 Å². The van der Waals surface area contributed by atoms with Gasteiger partial charge >= 0.3 is 0 Å². The molecule has 1 unspecified atom stereocenters. The zero-order valence-corrected chi connectivity index (χ0v) is 13.1. The number of nitrogens with zero attached hydrogens (tertiary/aromatic N) is 1. The van der Waals surface area contributed by atoms with Crippen molar-refractivity contribution < 1.29 is 0 Å². The highest BCUT2D eigenvalue weighted by Gasteiger charge is 2.15. The zero-order valence-electron chi connectivity index (χ0n) is 13.1. The van der Waals surface area contributed by atoms with Crippen molar-refractivity contribution in [1.29, 1.82) is 5.26 Å². The van der Waals surface area contributed by atoms with E-state index in [0.29, 0.717) is 0 Å². The minimum Gasteiger partial charge on any atom is -0.198 e. The maximum absolute atomic E-state index is 9.44. The Kier molecular flexibility index (Phi) is 4.81. The standard InChI is InChI=1S/C20H23N/c1-20(2,3)19-13-11-17(12-14-19)18(15-21)10-9-16-7-5-4-6-8-16/h4-8,11-14,18H,9-10H2,1-3H3. The number of hydrogen-bond donors (Lipinski definition) is 0. The first kappa shape index (κ1) is 15.3. The second kappa shape index (κ2) is 6.59. The summed E-state index contributed by atoms with van der Waals surface area (Å²) in [6.07, 6.45) is 1.81. The molecule has 2 aromatic rings. The highest BCUT2D eigenvalue weighted by molar-refractivity contribution is 5.32. The quantitative estimate of drug-likeness (QED) is 0.751. The molecule has 2 aromatic carbocycles. The van der Waals surface area contributed by atoms with Crippen molar-refractivity contribution in [1.82, 2.24) is 0 Å². The fourth-order valence-corrected chi connectivity index (χ4v) is 2.48. The molecule has 0 aliphatic carbocycles. The summed E-state index contributed by atoms with van der Waals surface area (Å²) in [6.45, 7) is 6.62. The van der Waals surface area contributed by atoms with Gasteiger partial charge in [-0.2, -0.15) is 5.26 Å². The Bertz CT molecular complexity index is 597. The number of benzene rings is 2. The second-order valence-electron chi connectivity index (χ2n) is 6.58. The average molecular weight is 277 g/mol. The van der Waals surface area contributed by atoms with E-state index < -0.39 is 0 Å². The molecular formula is C20H23N. The topological polar surface area (TPSA) is 23.8 Å². The molecule has 1 atom stereocenters. The summed E-state index contributed by atoms with van der Waals surface area (Å²) in [5, 5.41) is 9.44. The van der Waals surface area contributed by atoms with Gasteiger partial charge in [0.25, 0.3) is 0 Å². The molecule has 0 amide bonds. The number of nitriles is 1. The van der Waals surface area contributed by atoms with E-state index in [4.69, 9.17) is 0 Å². The summed E-state index contributed by atoms with van der Waals surface area (Å²) in [7, 11) is 0. The van der Waals surface area contributed by atoms with Gasteiger partial charge in [-0.25, -0.2) is 0 Å². The molecule has 0 bridgehead atoms. The molecule has 0 radical (unpaired) electrons. The van der Waals surface area contributed by atoms with Crippen LogP contribution in [-0.4, -0.2) is 0 Å². The molecule has 0 saturated heterocycles. The van der Waals surface area contributed by atoms with Gasteiger partial charge in [-0.15, -0.1) is 0 Å². The van der Waals surface area contributed by atoms with Gasteiger partial charge in [0.15, 0.2) is 0 Å². The number of aryl methyl sites for hydroxylation is 1. The van der Waals surface area contributed by atoms with Gasteiger partial charge in [0.2, 0.25) is 0 Å². The monoisotopic (exact) mass is 277 g/mol. The summed E-state index contributed by atoms with van der Waals surface area (Å²) >= 11 is 0. The van der Waals surface area contributed by atoms with Gasteiger partial charge in [0, 0.05) is 0 Å². The molecule has 21 heavy (non-hydrogen) atoms. The predicted molar refractivity (Wildman–Crippen MR) is 88.3 cm³/mol. The highest BCUT2D eigenvalue weighted by atomic mass is 14.3. The van der Waals surface area contributed by atoms with Gasteiger partial charge in [-0.1, -0.05) is 75.4 Å². The van der Waals surface area contributed by atoms with Crippen LogP contribution in [0.4, 0.5) is 0 Å². The summed E-state index contributed by atoms with van der Waals surface area (Å²) < 4.78 is 0. The summed E-state index contributed by atoms with van der Waals surface area (Å²) in [5.41, 5.74) is 3.89. The molecule has 0 aliphatic heterocycles. The van der Waals surface area contributed by atoms with E-state index in [1.54, 1.807) is 0 Å². The molecule has 2 rings (SSSR count). The lowest BCUT2D eigenvalue weighted by Gasteiger charge is -2.20. The van der Waals surface area contributed by atoms with Crippen LogP contribution in [0.5, 0.6) is 0 Å². The molecule has 1 heteroatoms. The Morgan fingerprint density at radius 1 is 0.952 bits per heavy atom. The molecule has 0 saturated carbocycles. The van der Waals surface area contributed by atoms with Crippen LogP contribution in [0.25, 0.3) is 0 Å². The minimum absolute atomic E-state index is 0.0285. The Morgan fingerprint density at radius 2 is 1.57 bits per heavy atom. The Balaban J connectivity index is 2.06. The van der Waals surface area contributed by atoms with Crippen LogP contribution in [-0.2, 0) is 11.8 Å². The minimum atomic E-state index is -0.0285. The fourth-order valence-electron chi connectivity index (χ4n) is 2.48. The molecule has 0 fully saturated rings. The summed E-state index contributed by atoms with van der Waals surface area (Å²) in [6, 6.07) is 21.3. The zero-order chi connectivity index (χ0) is 15.3. The second-order valence-corrected chi connectivity index (χ2v) is 6.58. The third-order valence-electron chi connectivity index (χ3n) is 3.90. The highest BCUT2D eigenvalue weighted by Crippen LogP contribution is 2.26. The van der Waals surface area contributed by atoms with Crippen molar-refractivity contribution >= 4 is 0 Å². The normalized spacial score (nSPS) is 12.7. The average Bonchev–Trinajstić information content (AvgIpc) is 2.48. The van der Waals surface area contributed by atoms with Crippen molar-refractivity contribution in [2.75, 3.05) is 0 Å². The lowest BCUT2D eigenvalue weighted by Crippen LogP contribution is -2.11. The van der Waals surface area contributed by atoms with E-state index >= 15 is 0 Å². The van der Waals surface area contributed by atoms with Gasteiger partial charge in [-0.05, 0) is 34.9 Å². The predicted octanol–water partition coefficient (Wildman–Crippen LogP) is 5.22. The van der Waals surface area contributed by atoms with Crippen molar-refractivity contribution in [3.63, 3.8) is 0 Å². The Labute approximate surface area is 128 Å². The van der Waals surface area contributed by atoms with E-state index in [2.05, 4.69) is 75.4 Å². The summed E-state index contributed by atoms with van der Waals surface area (Å²) in [5.74, 6) is -0.0285. The first-order chi connectivity index (χ1) is 10.0. The Hall–Kier alpha value is -2.07. The third kappa shape index (κ3) is 4.20. The summed E-state index contributed by atoms with van der Waals surface area (Å²) in [4.78, 5) is 0. The molecule has 0 heterocycles. The van der Waals surface area contributed by atoms with Crippen molar-refractivity contribution in [3.8, 4) is 6.07 Å². The van der Waals surface area contributed by atoms with E-state index in [1.165, 1.54) is 11.1 Å². The number of rotatable bonds is 4. The first-order valence-electron chi connectivity index (χ1n) is 7.54. The van der Waals surface area contributed by atoms with Crippen molar-refractivity contribution in [3.05, 3.63) is 71.3 Å². The van der Waals surface area contributed by atoms with Crippen LogP contribution in [0, 0.1) is 11.3 Å². The van der Waals surface area contributed by atoms with E-state index in [1.807, 2.05) is 6.07 Å². The van der Waals surface area contributed by atoms with Crippen LogP contribution in [0.15, 0.2) is 54.6 Å². The largest absolute Gasteiger partial charge is 0.198 e. The molecule has 0 spiro atoms. The smallest absolute Gasteiger partial charge is 0.0715 e. The molecule has 108 valence electrons. The molecule has 0 N–H and O–H groups in total. The van der Waals surface area contributed by atoms with Crippen molar-refractivity contribution in [2.24, 2.45) is 0 Å². The van der Waals surface area contributed by atoms with E-state index in [0.717, 1.165) is 18.4 Å². The fraction of sp³-hybridized carbons (Fsp3) is 0.350. The van der Waals surface area contributed by atoms with Gasteiger partial charge < -0.3 is 0 Å². The maximum Gasteiger partial charge on any atom is 0.0715 e. The molecule has 0 aromatic heterocycles.